The second-order valence-electron chi connectivity index (χ2n) is 9.43. The van der Waals surface area contributed by atoms with Crippen LogP contribution in [0.15, 0.2) is 65.4 Å². The first-order valence-corrected chi connectivity index (χ1v) is 15.5. The van der Waals surface area contributed by atoms with Crippen LogP contribution in [-0.4, -0.2) is 63.8 Å². The summed E-state index contributed by atoms with van der Waals surface area (Å²) in [7, 11) is -7.77. The Morgan fingerprint density at radius 2 is 1.71 bits per heavy atom. The molecular weight excluding hydrogens is 587 g/mol. The first-order valence-electron chi connectivity index (χ1n) is 12.5. The molecule has 0 bridgehead atoms. The molecule has 0 aliphatic carbocycles. The molecule has 0 saturated carbocycles. The first kappa shape index (κ1) is 32.2. The fourth-order valence-electron chi connectivity index (χ4n) is 4.45. The van der Waals surface area contributed by atoms with E-state index in [9.17, 15) is 39.6 Å². The maximum absolute atomic E-state index is 13.4. The summed E-state index contributed by atoms with van der Waals surface area (Å²) >= 11 is 0. The van der Waals surface area contributed by atoms with E-state index < -0.39 is 55.6 Å². The standard InChI is InChI=1S/C26H30F3N3O7S2/c1-2-40(36,37)31-17-21-4-3-15-32(21)41(38,39)22-11-7-19(8-12-22)23(25(35)30-14-13-24(33)34)16-18-5-9-20(10-6-18)26(27,28)29/h2,5-12,21,23,31H,1,3-4,13-17H2,(H,30,35)(H,33,34)/t21-,23?/m1/s1. The van der Waals surface area contributed by atoms with Gasteiger partial charge in [0, 0.05) is 31.1 Å². The lowest BCUT2D eigenvalue weighted by atomic mass is 9.90. The zero-order valence-electron chi connectivity index (χ0n) is 21.8. The van der Waals surface area contributed by atoms with Gasteiger partial charge in [-0.05, 0) is 54.7 Å². The molecule has 2 atom stereocenters. The molecule has 1 amide bonds. The van der Waals surface area contributed by atoms with E-state index in [-0.39, 0.29) is 37.4 Å². The van der Waals surface area contributed by atoms with Crippen molar-refractivity contribution >= 4 is 31.9 Å². The molecule has 10 nitrogen and oxygen atoms in total. The minimum atomic E-state index is -4.53. The third-order valence-corrected chi connectivity index (χ3v) is 9.60. The molecule has 1 heterocycles. The molecule has 2 aromatic carbocycles. The third-order valence-electron chi connectivity index (χ3n) is 6.63. The van der Waals surface area contributed by atoms with Crippen molar-refractivity contribution in [1.82, 2.24) is 14.3 Å². The maximum Gasteiger partial charge on any atom is 0.416 e. The molecule has 1 saturated heterocycles. The van der Waals surface area contributed by atoms with Crippen molar-refractivity contribution in [3.8, 4) is 0 Å². The SMILES string of the molecule is C=CS(=O)(=O)NC[C@H]1CCCN1S(=O)(=O)c1ccc(C(Cc2ccc(C(F)(F)F)cc2)C(=O)NCCC(=O)O)cc1. The molecule has 2 aromatic rings. The monoisotopic (exact) mass is 617 g/mol. The molecule has 0 spiro atoms. The third kappa shape index (κ3) is 8.61. The van der Waals surface area contributed by atoms with Crippen LogP contribution in [0.5, 0.6) is 0 Å². The summed E-state index contributed by atoms with van der Waals surface area (Å²) in [6, 6.07) is 9.12. The highest BCUT2D eigenvalue weighted by molar-refractivity contribution is 7.92. The van der Waals surface area contributed by atoms with Crippen molar-refractivity contribution in [3.05, 3.63) is 77.2 Å². The maximum atomic E-state index is 13.4. The lowest BCUT2D eigenvalue weighted by molar-refractivity contribution is -0.138. The van der Waals surface area contributed by atoms with Crippen molar-refractivity contribution in [1.29, 1.82) is 0 Å². The predicted octanol–water partition coefficient (Wildman–Crippen LogP) is 2.84. The number of nitrogens with one attached hydrogen (secondary N) is 2. The van der Waals surface area contributed by atoms with Gasteiger partial charge in [-0.1, -0.05) is 30.8 Å². The second kappa shape index (κ2) is 13.1. The predicted molar refractivity (Wildman–Crippen MR) is 144 cm³/mol. The molecule has 1 fully saturated rings. The van der Waals surface area contributed by atoms with Gasteiger partial charge >= 0.3 is 12.1 Å². The van der Waals surface area contributed by atoms with E-state index in [4.69, 9.17) is 5.11 Å². The highest BCUT2D eigenvalue weighted by atomic mass is 32.2. The molecule has 15 heteroatoms. The van der Waals surface area contributed by atoms with E-state index in [1.807, 2.05) is 0 Å². The number of nitrogens with zero attached hydrogens (tertiary/aromatic N) is 1. The van der Waals surface area contributed by atoms with Gasteiger partial charge in [0.2, 0.25) is 26.0 Å². The fraction of sp³-hybridized carbons (Fsp3) is 0.385. The van der Waals surface area contributed by atoms with E-state index in [0.29, 0.717) is 24.0 Å². The number of carboxylic acids is 1. The number of sulfonamides is 2. The summed E-state index contributed by atoms with van der Waals surface area (Å²) in [5.74, 6) is -2.65. The number of carboxylic acid groups (broad SMARTS) is 1. The van der Waals surface area contributed by atoms with Gasteiger partial charge in [0.15, 0.2) is 0 Å². The van der Waals surface area contributed by atoms with Crippen molar-refractivity contribution in [3.63, 3.8) is 0 Å². The van der Waals surface area contributed by atoms with Crippen molar-refractivity contribution in [2.24, 2.45) is 0 Å². The molecule has 1 aliphatic rings. The van der Waals surface area contributed by atoms with Crippen LogP contribution in [0.25, 0.3) is 0 Å². The quantitative estimate of drug-likeness (QED) is 0.313. The van der Waals surface area contributed by atoms with Gasteiger partial charge in [-0.2, -0.15) is 17.5 Å². The second-order valence-corrected chi connectivity index (χ2v) is 13.0. The van der Waals surface area contributed by atoms with Gasteiger partial charge in [0.05, 0.1) is 22.8 Å². The number of hydrogen-bond donors (Lipinski definition) is 3. The summed E-state index contributed by atoms with van der Waals surface area (Å²) in [4.78, 5) is 23.8. The zero-order valence-corrected chi connectivity index (χ0v) is 23.4. The topological polar surface area (TPSA) is 150 Å². The van der Waals surface area contributed by atoms with Crippen LogP contribution in [0, 0.1) is 0 Å². The fourth-order valence-corrected chi connectivity index (χ4v) is 6.69. The van der Waals surface area contributed by atoms with Crippen LogP contribution < -0.4 is 10.0 Å². The van der Waals surface area contributed by atoms with Crippen LogP contribution >= 0.6 is 0 Å². The summed E-state index contributed by atoms with van der Waals surface area (Å²) in [5, 5.41) is 12.1. The smallest absolute Gasteiger partial charge is 0.416 e. The Bertz CT molecular complexity index is 1460. The van der Waals surface area contributed by atoms with Crippen LogP contribution in [0.4, 0.5) is 13.2 Å². The number of carbonyl (C=O) groups is 2. The summed E-state index contributed by atoms with van der Waals surface area (Å²) in [5.41, 5.74) is -0.0702. The van der Waals surface area contributed by atoms with Gasteiger partial charge in [-0.3, -0.25) is 9.59 Å². The Kier molecular flexibility index (Phi) is 10.3. The highest BCUT2D eigenvalue weighted by Crippen LogP contribution is 2.31. The van der Waals surface area contributed by atoms with E-state index >= 15 is 0 Å². The zero-order chi connectivity index (χ0) is 30.4. The minimum absolute atomic E-state index is 0.0270. The van der Waals surface area contributed by atoms with Gasteiger partial charge in [0.25, 0.3) is 0 Å². The highest BCUT2D eigenvalue weighted by Gasteiger charge is 2.36. The lowest BCUT2D eigenvalue weighted by Crippen LogP contribution is -2.42. The Balaban J connectivity index is 1.84. The summed E-state index contributed by atoms with van der Waals surface area (Å²) < 4.78 is 92.6. The molecule has 3 N–H and O–H groups in total. The molecule has 41 heavy (non-hydrogen) atoms. The minimum Gasteiger partial charge on any atom is -0.481 e. The van der Waals surface area contributed by atoms with Crippen molar-refractivity contribution in [2.75, 3.05) is 19.6 Å². The van der Waals surface area contributed by atoms with Gasteiger partial charge in [-0.15, -0.1) is 0 Å². The lowest BCUT2D eigenvalue weighted by Gasteiger charge is -2.24. The molecule has 1 unspecified atom stereocenters. The van der Waals surface area contributed by atoms with Crippen LogP contribution in [0.2, 0.25) is 0 Å². The van der Waals surface area contributed by atoms with E-state index in [1.165, 1.54) is 40.7 Å². The van der Waals surface area contributed by atoms with Crippen molar-refractivity contribution in [2.45, 2.75) is 48.7 Å². The summed E-state index contributed by atoms with van der Waals surface area (Å²) in [6.07, 6.45) is -3.92. The largest absolute Gasteiger partial charge is 0.481 e. The van der Waals surface area contributed by atoms with E-state index in [1.54, 1.807) is 0 Å². The van der Waals surface area contributed by atoms with Crippen LogP contribution in [-0.2, 0) is 42.2 Å². The number of halogens is 3. The van der Waals surface area contributed by atoms with E-state index in [2.05, 4.69) is 16.6 Å². The number of amides is 1. The Hall–Kier alpha value is -3.27. The Morgan fingerprint density at radius 3 is 2.27 bits per heavy atom. The molecule has 1 aliphatic heterocycles. The number of alkyl halides is 3. The van der Waals surface area contributed by atoms with Gasteiger partial charge in [0.1, 0.15) is 0 Å². The normalized spacial score (nSPS) is 17.2. The molecule has 3 rings (SSSR count). The number of rotatable bonds is 13. The molecule has 0 radical (unpaired) electrons. The summed E-state index contributed by atoms with van der Waals surface area (Å²) in [6.45, 7) is 3.10. The van der Waals surface area contributed by atoms with Crippen molar-refractivity contribution < 1.29 is 44.7 Å². The number of carbonyl (C=O) groups excluding carboxylic acids is 1. The van der Waals surface area contributed by atoms with Gasteiger partial charge < -0.3 is 10.4 Å². The molecule has 0 aromatic heterocycles. The Labute approximate surface area is 236 Å². The average molecular weight is 618 g/mol. The average Bonchev–Trinajstić information content (AvgIpc) is 3.40. The number of hydrogen-bond acceptors (Lipinski definition) is 6. The van der Waals surface area contributed by atoms with Crippen LogP contribution in [0.3, 0.4) is 0 Å². The van der Waals surface area contributed by atoms with Crippen LogP contribution in [0.1, 0.15) is 41.9 Å². The number of benzene rings is 2. The van der Waals surface area contributed by atoms with Gasteiger partial charge in [-0.25, -0.2) is 21.6 Å². The van der Waals surface area contributed by atoms with E-state index in [0.717, 1.165) is 17.5 Å². The molecular formula is C26H30F3N3O7S2. The number of aliphatic carboxylic acids is 1. The molecule has 224 valence electrons. The first-order chi connectivity index (χ1) is 19.1. The Morgan fingerprint density at radius 1 is 1.07 bits per heavy atom.